The van der Waals surface area contributed by atoms with Crippen molar-refractivity contribution in [1.82, 2.24) is 0 Å². The summed E-state index contributed by atoms with van der Waals surface area (Å²) in [7, 11) is 0. The zero-order chi connectivity index (χ0) is 6.69. The van der Waals surface area contributed by atoms with Crippen molar-refractivity contribution in [3.8, 4) is 5.75 Å². The Bertz CT molecular complexity index is 181. The number of phenolic OH excluding ortho intramolecular Hbond substituents is 1. The van der Waals surface area contributed by atoms with E-state index in [9.17, 15) is 0 Å². The monoisotopic (exact) mass is 130 g/mol. The predicted molar refractivity (Wildman–Crippen MR) is 37.6 cm³/mol. The molecule has 0 atom stereocenters. The van der Waals surface area contributed by atoms with Crippen LogP contribution in [0.3, 0.4) is 0 Å². The van der Waals surface area contributed by atoms with E-state index in [1.165, 1.54) is 37.2 Å². The number of hydrogen-bond donors (Lipinski definition) is 1. The molecule has 42 valence electrons. The Balaban J connectivity index is 2.88. The topological polar surface area (TPSA) is 20.2 Å². The van der Waals surface area contributed by atoms with Gasteiger partial charge in [-0.2, -0.15) is 0 Å². The Morgan fingerprint density at radius 2 is 1.78 bits per heavy atom. The van der Waals surface area contributed by atoms with Crippen LogP contribution in [-0.4, -0.2) is 33.0 Å². The first-order chi connectivity index (χ1) is 4.33. The molecular formula is C7H7NaO. The van der Waals surface area contributed by atoms with Crippen molar-refractivity contribution in [3.63, 3.8) is 0 Å². The summed E-state index contributed by atoms with van der Waals surface area (Å²) in [6.07, 6.45) is 0. The molecule has 0 saturated carbocycles. The normalized spacial score (nSPS) is 9.56. The molecule has 0 amide bonds. The van der Waals surface area contributed by atoms with Crippen molar-refractivity contribution in [2.24, 2.45) is 0 Å². The van der Waals surface area contributed by atoms with Gasteiger partial charge in [-0.25, -0.2) is 0 Å². The molecule has 1 aromatic rings. The minimum atomic E-state index is 0.355. The van der Waals surface area contributed by atoms with Crippen molar-refractivity contribution >= 4 is 27.9 Å². The molecule has 9 heavy (non-hydrogen) atoms. The van der Waals surface area contributed by atoms with E-state index in [2.05, 4.69) is 0 Å². The van der Waals surface area contributed by atoms with Crippen LogP contribution in [0.5, 0.6) is 5.75 Å². The molecule has 0 spiro atoms. The van der Waals surface area contributed by atoms with E-state index >= 15 is 0 Å². The van der Waals surface area contributed by atoms with Crippen molar-refractivity contribution in [3.05, 3.63) is 29.8 Å². The predicted octanol–water partition coefficient (Wildman–Crippen LogP) is 1.06. The van der Waals surface area contributed by atoms with Crippen LogP contribution in [0.15, 0.2) is 24.3 Å². The van der Waals surface area contributed by atoms with E-state index in [4.69, 9.17) is 5.11 Å². The van der Waals surface area contributed by atoms with Gasteiger partial charge in [0.15, 0.2) is 0 Å². The molecule has 1 rings (SSSR count). The average Bonchev–Trinajstić information content (AvgIpc) is 1.90. The molecule has 2 heteroatoms. The fourth-order valence-corrected chi connectivity index (χ4v) is 1.20. The molecule has 0 aliphatic carbocycles. The van der Waals surface area contributed by atoms with Gasteiger partial charge in [0, 0.05) is 0 Å². The van der Waals surface area contributed by atoms with Gasteiger partial charge in [0.25, 0.3) is 0 Å². The fourth-order valence-electron chi connectivity index (χ4n) is 0.732. The SMILES string of the molecule is Oc1ccc([CH2][Na])cc1. The summed E-state index contributed by atoms with van der Waals surface area (Å²) in [5.41, 5.74) is 1.32. The average molecular weight is 130 g/mol. The molecule has 0 aliphatic heterocycles. The van der Waals surface area contributed by atoms with Crippen LogP contribution in [0, 0.1) is 0 Å². The van der Waals surface area contributed by atoms with Gasteiger partial charge in [0.05, 0.1) is 0 Å². The molecule has 0 saturated heterocycles. The summed E-state index contributed by atoms with van der Waals surface area (Å²) >= 11 is 1.19. The van der Waals surface area contributed by atoms with Crippen LogP contribution >= 0.6 is 0 Å². The van der Waals surface area contributed by atoms with E-state index in [1.54, 1.807) is 12.1 Å². The van der Waals surface area contributed by atoms with Crippen molar-refractivity contribution in [2.75, 3.05) is 0 Å². The van der Waals surface area contributed by atoms with E-state index in [-0.39, 0.29) is 0 Å². The molecule has 0 aliphatic rings. The molecule has 0 aromatic heterocycles. The first kappa shape index (κ1) is 7.13. The van der Waals surface area contributed by atoms with E-state index < -0.39 is 0 Å². The molecule has 0 radical (unpaired) electrons. The maximum absolute atomic E-state index is 8.86. The quantitative estimate of drug-likeness (QED) is 0.563. The summed E-state index contributed by atoms with van der Waals surface area (Å²) in [6.45, 7) is 0. The second-order valence-electron chi connectivity index (χ2n) is 2.02. The Morgan fingerprint density at radius 1 is 1.22 bits per heavy atom. The summed E-state index contributed by atoms with van der Waals surface area (Å²) < 4.78 is 1.17. The van der Waals surface area contributed by atoms with Gasteiger partial charge >= 0.3 is 72.3 Å². The Labute approximate surface area is 72.1 Å². The second-order valence-corrected chi connectivity index (χ2v) is 2.73. The van der Waals surface area contributed by atoms with Crippen molar-refractivity contribution < 1.29 is 5.11 Å². The first-order valence-corrected chi connectivity index (χ1v) is 4.52. The summed E-state index contributed by atoms with van der Waals surface area (Å²) in [5.74, 6) is 0.355. The minimum absolute atomic E-state index is 0.355. The van der Waals surface area contributed by atoms with Crippen LogP contribution in [-0.2, 0) is 3.67 Å². The third-order valence-corrected chi connectivity index (χ3v) is 2.16. The van der Waals surface area contributed by atoms with Crippen LogP contribution < -0.4 is 0 Å². The number of rotatable bonds is 1. The first-order valence-electron chi connectivity index (χ1n) is 3.11. The van der Waals surface area contributed by atoms with Gasteiger partial charge in [-0.15, -0.1) is 0 Å². The zero-order valence-corrected chi connectivity index (χ0v) is 7.46. The van der Waals surface area contributed by atoms with Gasteiger partial charge < -0.3 is 0 Å². The zero-order valence-electron chi connectivity index (χ0n) is 5.46. The van der Waals surface area contributed by atoms with Gasteiger partial charge in [-0.1, -0.05) is 0 Å². The molecular weight excluding hydrogens is 123 g/mol. The number of phenols is 1. The van der Waals surface area contributed by atoms with Gasteiger partial charge in [-0.05, 0) is 0 Å². The summed E-state index contributed by atoms with van der Waals surface area (Å²) in [6, 6.07) is 7.38. The molecule has 0 fully saturated rings. The van der Waals surface area contributed by atoms with Crippen LogP contribution in [0.2, 0.25) is 0 Å². The van der Waals surface area contributed by atoms with Gasteiger partial charge in [0.1, 0.15) is 0 Å². The Hall–Kier alpha value is 0.0200. The maximum atomic E-state index is 8.86. The Morgan fingerprint density at radius 3 is 2.22 bits per heavy atom. The Kier molecular flexibility index (Phi) is 2.58. The van der Waals surface area contributed by atoms with E-state index in [0.29, 0.717) is 5.75 Å². The fraction of sp³-hybridized carbons (Fsp3) is 0.143. The standard InChI is InChI=1S/C7H7O.Na/c1-6-2-4-7(8)5-3-6;/h2-5,8H,1H2;. The molecule has 0 bridgehead atoms. The third-order valence-electron chi connectivity index (χ3n) is 1.34. The summed E-state index contributed by atoms with van der Waals surface area (Å²) in [5, 5.41) is 8.86. The second kappa shape index (κ2) is 3.25. The number of hydrogen-bond acceptors (Lipinski definition) is 1. The molecule has 0 unspecified atom stereocenters. The molecule has 1 aromatic carbocycles. The third kappa shape index (κ3) is 2.01. The van der Waals surface area contributed by atoms with Crippen LogP contribution in [0.1, 0.15) is 5.56 Å². The molecule has 1 nitrogen and oxygen atoms in total. The van der Waals surface area contributed by atoms with Crippen molar-refractivity contribution in [1.29, 1.82) is 0 Å². The summed E-state index contributed by atoms with van der Waals surface area (Å²) in [4.78, 5) is 0. The number of benzene rings is 1. The van der Waals surface area contributed by atoms with Crippen molar-refractivity contribution in [2.45, 2.75) is 3.67 Å². The van der Waals surface area contributed by atoms with E-state index in [0.717, 1.165) is 0 Å². The molecule has 0 heterocycles. The van der Waals surface area contributed by atoms with Crippen LogP contribution in [0.4, 0.5) is 0 Å². The van der Waals surface area contributed by atoms with Gasteiger partial charge in [0.2, 0.25) is 0 Å². The van der Waals surface area contributed by atoms with Crippen LogP contribution in [0.25, 0.3) is 0 Å². The van der Waals surface area contributed by atoms with E-state index in [1.807, 2.05) is 12.1 Å². The van der Waals surface area contributed by atoms with Gasteiger partial charge in [-0.3, -0.25) is 0 Å². The molecule has 1 N–H and O–H groups in total. The number of aromatic hydroxyl groups is 1.